The summed E-state index contributed by atoms with van der Waals surface area (Å²) in [5, 5.41) is 11.8. The van der Waals surface area contributed by atoms with Gasteiger partial charge in [0.25, 0.3) is 0 Å². The fourth-order valence-electron chi connectivity index (χ4n) is 2.49. The van der Waals surface area contributed by atoms with Crippen molar-refractivity contribution in [2.45, 2.75) is 35.9 Å². The van der Waals surface area contributed by atoms with E-state index in [9.17, 15) is 0 Å². The predicted octanol–water partition coefficient (Wildman–Crippen LogP) is 6.98. The van der Waals surface area contributed by atoms with Gasteiger partial charge in [0.15, 0.2) is 5.16 Å². The lowest BCUT2D eigenvalue weighted by atomic mass is 10.2. The van der Waals surface area contributed by atoms with Crippen molar-refractivity contribution in [2.24, 2.45) is 0 Å². The average Bonchev–Trinajstić information content (AvgIpc) is 3.05. The Morgan fingerprint density at radius 2 is 1.59 bits per heavy atom. The highest BCUT2D eigenvalue weighted by Gasteiger charge is 2.13. The largest absolute Gasteiger partial charge is 0.306 e. The molecule has 142 valence electrons. The lowest BCUT2D eigenvalue weighted by molar-refractivity contribution is 0.659. The number of thioether (sulfide) groups is 2. The molecule has 0 fully saturated rings. The van der Waals surface area contributed by atoms with Crippen molar-refractivity contribution < 1.29 is 0 Å². The monoisotopic (exact) mass is 457 g/mol. The minimum atomic E-state index is 0.700. The van der Waals surface area contributed by atoms with Crippen LogP contribution in [0.4, 0.5) is 0 Å². The van der Waals surface area contributed by atoms with Crippen molar-refractivity contribution in [3.8, 4) is 0 Å². The third-order valence-corrected chi connectivity index (χ3v) is 6.88. The Hall–Kier alpha value is -0.850. The van der Waals surface area contributed by atoms with Gasteiger partial charge >= 0.3 is 0 Å². The molecule has 0 atom stereocenters. The van der Waals surface area contributed by atoms with E-state index >= 15 is 0 Å². The number of hydrogen-bond donors (Lipinski definition) is 0. The van der Waals surface area contributed by atoms with Crippen LogP contribution < -0.4 is 0 Å². The number of rotatable bonds is 8. The van der Waals surface area contributed by atoms with Crippen LogP contribution in [0.15, 0.2) is 47.6 Å². The quantitative estimate of drug-likeness (QED) is 0.340. The molecule has 27 heavy (non-hydrogen) atoms. The van der Waals surface area contributed by atoms with E-state index in [0.717, 1.165) is 45.4 Å². The van der Waals surface area contributed by atoms with Crippen LogP contribution >= 0.6 is 58.3 Å². The molecule has 0 saturated carbocycles. The number of hydrogen-bond acceptors (Lipinski definition) is 4. The molecule has 3 rings (SSSR count). The Bertz CT molecular complexity index is 877. The molecule has 0 N–H and O–H groups in total. The van der Waals surface area contributed by atoms with Gasteiger partial charge in [-0.25, -0.2) is 0 Å². The van der Waals surface area contributed by atoms with Gasteiger partial charge in [0, 0.05) is 33.1 Å². The maximum absolute atomic E-state index is 6.24. The van der Waals surface area contributed by atoms with Crippen LogP contribution in [0.1, 0.15) is 23.9 Å². The van der Waals surface area contributed by atoms with Crippen molar-refractivity contribution >= 4 is 58.3 Å². The van der Waals surface area contributed by atoms with Crippen molar-refractivity contribution in [3.05, 3.63) is 74.5 Å². The van der Waals surface area contributed by atoms with Crippen molar-refractivity contribution in [2.75, 3.05) is 0 Å². The van der Waals surface area contributed by atoms with Crippen molar-refractivity contribution in [1.29, 1.82) is 0 Å². The Labute approximate surface area is 182 Å². The molecule has 0 spiro atoms. The molecule has 2 aromatic carbocycles. The lowest BCUT2D eigenvalue weighted by Crippen LogP contribution is -2.02. The number of aromatic nitrogens is 3. The van der Waals surface area contributed by atoms with Gasteiger partial charge in [-0.2, -0.15) is 0 Å². The summed E-state index contributed by atoms with van der Waals surface area (Å²) in [5.74, 6) is 3.29. The summed E-state index contributed by atoms with van der Waals surface area (Å²) in [5.41, 5.74) is 2.17. The Kier molecular flexibility index (Phi) is 7.79. The van der Waals surface area contributed by atoms with Crippen LogP contribution in [0.25, 0.3) is 0 Å². The molecule has 1 aromatic heterocycles. The molecule has 0 aliphatic carbocycles. The Morgan fingerprint density at radius 1 is 0.889 bits per heavy atom. The van der Waals surface area contributed by atoms with Gasteiger partial charge in [0.1, 0.15) is 5.82 Å². The van der Waals surface area contributed by atoms with E-state index in [4.69, 9.17) is 34.8 Å². The fraction of sp³-hybridized carbons (Fsp3) is 0.263. The molecule has 0 saturated heterocycles. The number of nitrogens with zero attached hydrogens (tertiary/aromatic N) is 3. The molecule has 3 aromatic rings. The third-order valence-electron chi connectivity index (χ3n) is 3.93. The molecule has 8 heteroatoms. The molecule has 0 amide bonds. The highest BCUT2D eigenvalue weighted by atomic mass is 35.5. The summed E-state index contributed by atoms with van der Waals surface area (Å²) in [6.07, 6.45) is 0. The van der Waals surface area contributed by atoms with E-state index in [1.807, 2.05) is 42.5 Å². The van der Waals surface area contributed by atoms with Crippen LogP contribution in [0.2, 0.25) is 15.1 Å². The van der Waals surface area contributed by atoms with Crippen molar-refractivity contribution in [1.82, 2.24) is 14.8 Å². The highest BCUT2D eigenvalue weighted by Crippen LogP contribution is 2.30. The smallest absolute Gasteiger partial charge is 0.191 e. The van der Waals surface area contributed by atoms with Crippen LogP contribution in [0.5, 0.6) is 0 Å². The van der Waals surface area contributed by atoms with E-state index < -0.39 is 0 Å². The topological polar surface area (TPSA) is 30.7 Å². The zero-order valence-corrected chi connectivity index (χ0v) is 18.6. The van der Waals surface area contributed by atoms with Crippen LogP contribution in [-0.2, 0) is 23.8 Å². The van der Waals surface area contributed by atoms with E-state index in [1.54, 1.807) is 23.5 Å². The Balaban J connectivity index is 1.60. The van der Waals surface area contributed by atoms with E-state index in [-0.39, 0.29) is 0 Å². The second kappa shape index (κ2) is 10.1. The summed E-state index contributed by atoms with van der Waals surface area (Å²) < 4.78 is 2.15. The standard InChI is InChI=1S/C19H18Cl3N3S2/c1-2-25-18(12-26-11-15-16(21)4-3-5-17(15)22)23-24-19(25)27-10-13-6-8-14(20)9-7-13/h3-9H,2,10-12H2,1H3. The molecule has 1 heterocycles. The zero-order valence-electron chi connectivity index (χ0n) is 14.7. The summed E-state index contributed by atoms with van der Waals surface area (Å²) >= 11 is 21.8. The summed E-state index contributed by atoms with van der Waals surface area (Å²) in [6.45, 7) is 2.94. The maximum atomic E-state index is 6.24. The first kappa shape index (κ1) is 20.9. The fourth-order valence-corrected chi connectivity index (χ4v) is 5.30. The van der Waals surface area contributed by atoms with Crippen LogP contribution in [0, 0.1) is 0 Å². The number of benzene rings is 2. The first-order valence-corrected chi connectivity index (χ1v) is 11.7. The molecule has 0 unspecified atom stereocenters. The molecular weight excluding hydrogens is 441 g/mol. The molecule has 0 aliphatic rings. The highest BCUT2D eigenvalue weighted by molar-refractivity contribution is 7.98. The van der Waals surface area contributed by atoms with E-state index in [1.165, 1.54) is 5.56 Å². The molecule has 3 nitrogen and oxygen atoms in total. The molecule has 0 aliphatic heterocycles. The normalized spacial score (nSPS) is 11.1. The van der Waals surface area contributed by atoms with E-state index in [2.05, 4.69) is 21.7 Å². The van der Waals surface area contributed by atoms with Gasteiger partial charge in [0.05, 0.1) is 5.75 Å². The second-order valence-electron chi connectivity index (χ2n) is 5.75. The van der Waals surface area contributed by atoms with Crippen LogP contribution in [-0.4, -0.2) is 14.8 Å². The second-order valence-corrected chi connectivity index (χ2v) is 8.93. The van der Waals surface area contributed by atoms with Crippen molar-refractivity contribution in [3.63, 3.8) is 0 Å². The summed E-state index contributed by atoms with van der Waals surface area (Å²) in [6, 6.07) is 13.5. The lowest BCUT2D eigenvalue weighted by Gasteiger charge is -2.09. The SMILES string of the molecule is CCn1c(CSCc2c(Cl)cccc2Cl)nnc1SCc1ccc(Cl)cc1. The first-order chi connectivity index (χ1) is 13.1. The van der Waals surface area contributed by atoms with Gasteiger partial charge in [0.2, 0.25) is 0 Å². The first-order valence-electron chi connectivity index (χ1n) is 8.38. The predicted molar refractivity (Wildman–Crippen MR) is 118 cm³/mol. The van der Waals surface area contributed by atoms with Gasteiger partial charge in [-0.15, -0.1) is 22.0 Å². The zero-order chi connectivity index (χ0) is 19.2. The molecular formula is C19H18Cl3N3S2. The van der Waals surface area contributed by atoms with E-state index in [0.29, 0.717) is 10.0 Å². The maximum Gasteiger partial charge on any atom is 0.191 e. The van der Waals surface area contributed by atoms with Gasteiger partial charge in [-0.3, -0.25) is 0 Å². The van der Waals surface area contributed by atoms with Gasteiger partial charge in [-0.1, -0.05) is 64.8 Å². The van der Waals surface area contributed by atoms with Crippen LogP contribution in [0.3, 0.4) is 0 Å². The molecule has 0 radical (unpaired) electrons. The minimum Gasteiger partial charge on any atom is -0.306 e. The Morgan fingerprint density at radius 3 is 2.26 bits per heavy atom. The minimum absolute atomic E-state index is 0.700. The van der Waals surface area contributed by atoms with Gasteiger partial charge in [-0.05, 0) is 42.3 Å². The number of halogens is 3. The molecule has 0 bridgehead atoms. The third kappa shape index (κ3) is 5.58. The summed E-state index contributed by atoms with van der Waals surface area (Å²) in [7, 11) is 0. The summed E-state index contributed by atoms with van der Waals surface area (Å²) in [4.78, 5) is 0. The van der Waals surface area contributed by atoms with Gasteiger partial charge < -0.3 is 4.57 Å². The average molecular weight is 459 g/mol.